The van der Waals surface area contributed by atoms with Crippen LogP contribution in [0.2, 0.25) is 0 Å². The summed E-state index contributed by atoms with van der Waals surface area (Å²) < 4.78 is 0. The van der Waals surface area contributed by atoms with Gasteiger partial charge in [0, 0.05) is 12.6 Å². The van der Waals surface area contributed by atoms with Gasteiger partial charge in [0.05, 0.1) is 12.1 Å². The summed E-state index contributed by atoms with van der Waals surface area (Å²) in [5.41, 5.74) is 2.79. The van der Waals surface area contributed by atoms with Crippen LogP contribution in [0.5, 0.6) is 0 Å². The molecule has 0 bridgehead atoms. The first-order chi connectivity index (χ1) is 10.2. The molecule has 0 saturated carbocycles. The molecule has 110 valence electrons. The van der Waals surface area contributed by atoms with E-state index in [9.17, 15) is 0 Å². The van der Waals surface area contributed by atoms with Gasteiger partial charge in [0.1, 0.15) is 0 Å². The quantitative estimate of drug-likeness (QED) is 0.827. The topological polar surface area (TPSA) is 6.48 Å². The Bertz CT molecular complexity index is 567. The van der Waals surface area contributed by atoms with E-state index in [0.717, 1.165) is 6.54 Å². The molecule has 2 nitrogen and oxygen atoms in total. The molecule has 1 fully saturated rings. The van der Waals surface area contributed by atoms with Gasteiger partial charge >= 0.3 is 0 Å². The average molecular weight is 280 g/mol. The van der Waals surface area contributed by atoms with Crippen LogP contribution < -0.4 is 0 Å². The van der Waals surface area contributed by atoms with Crippen LogP contribution in [-0.4, -0.2) is 36.5 Å². The third-order valence-electron chi connectivity index (χ3n) is 4.74. The Morgan fingerprint density at radius 2 is 1.24 bits per heavy atom. The van der Waals surface area contributed by atoms with Gasteiger partial charge in [-0.05, 0) is 32.1 Å². The van der Waals surface area contributed by atoms with E-state index in [-0.39, 0.29) is 0 Å². The minimum Gasteiger partial charge on any atom is -0.296 e. The lowest BCUT2D eigenvalue weighted by atomic mass is 9.88. The SMILES string of the molecule is CC1CN(C)C(c2ccccc2)C(c2ccccc2)N1C. The van der Waals surface area contributed by atoms with E-state index in [1.54, 1.807) is 0 Å². The smallest absolute Gasteiger partial charge is 0.0545 e. The van der Waals surface area contributed by atoms with E-state index in [0.29, 0.717) is 18.1 Å². The molecular weight excluding hydrogens is 256 g/mol. The van der Waals surface area contributed by atoms with Crippen molar-refractivity contribution in [3.8, 4) is 0 Å². The monoisotopic (exact) mass is 280 g/mol. The second-order valence-corrected chi connectivity index (χ2v) is 6.17. The zero-order valence-electron chi connectivity index (χ0n) is 13.1. The van der Waals surface area contributed by atoms with Crippen LogP contribution in [0, 0.1) is 0 Å². The molecular formula is C19H24N2. The van der Waals surface area contributed by atoms with Gasteiger partial charge in [-0.15, -0.1) is 0 Å². The fourth-order valence-corrected chi connectivity index (χ4v) is 3.55. The highest BCUT2D eigenvalue weighted by atomic mass is 15.3. The summed E-state index contributed by atoms with van der Waals surface area (Å²) in [7, 11) is 4.50. The van der Waals surface area contributed by atoms with E-state index < -0.39 is 0 Å². The van der Waals surface area contributed by atoms with Crippen LogP contribution in [-0.2, 0) is 0 Å². The summed E-state index contributed by atoms with van der Waals surface area (Å²) in [6, 6.07) is 23.1. The lowest BCUT2D eigenvalue weighted by molar-refractivity contribution is 0.0121. The van der Waals surface area contributed by atoms with Crippen molar-refractivity contribution in [3.63, 3.8) is 0 Å². The summed E-state index contributed by atoms with van der Waals surface area (Å²) in [6.07, 6.45) is 0. The zero-order valence-corrected chi connectivity index (χ0v) is 13.1. The van der Waals surface area contributed by atoms with Gasteiger partial charge in [0.2, 0.25) is 0 Å². The van der Waals surface area contributed by atoms with Crippen LogP contribution in [0.15, 0.2) is 60.7 Å². The van der Waals surface area contributed by atoms with Crippen LogP contribution in [0.3, 0.4) is 0 Å². The van der Waals surface area contributed by atoms with E-state index in [1.165, 1.54) is 11.1 Å². The van der Waals surface area contributed by atoms with Crippen LogP contribution in [0.25, 0.3) is 0 Å². The molecule has 21 heavy (non-hydrogen) atoms. The maximum absolute atomic E-state index is 2.52. The minimum absolute atomic E-state index is 0.391. The molecule has 1 saturated heterocycles. The number of rotatable bonds is 2. The summed E-state index contributed by atoms with van der Waals surface area (Å²) >= 11 is 0. The van der Waals surface area contributed by atoms with Gasteiger partial charge in [-0.25, -0.2) is 0 Å². The van der Waals surface area contributed by atoms with E-state index >= 15 is 0 Å². The van der Waals surface area contributed by atoms with Gasteiger partial charge < -0.3 is 0 Å². The zero-order chi connectivity index (χ0) is 14.8. The molecule has 3 atom stereocenters. The minimum atomic E-state index is 0.391. The van der Waals surface area contributed by atoms with Crippen molar-refractivity contribution >= 4 is 0 Å². The molecule has 0 N–H and O–H groups in total. The molecule has 0 radical (unpaired) electrons. The van der Waals surface area contributed by atoms with Crippen LogP contribution in [0.4, 0.5) is 0 Å². The Hall–Kier alpha value is -1.64. The lowest BCUT2D eigenvalue weighted by Gasteiger charge is -2.49. The number of hydrogen-bond donors (Lipinski definition) is 0. The van der Waals surface area contributed by atoms with Crippen molar-refractivity contribution in [1.82, 2.24) is 9.80 Å². The number of likely N-dealkylation sites (N-methyl/N-ethyl adjacent to an activating group) is 2. The second kappa shape index (κ2) is 6.00. The molecule has 1 aliphatic rings. The van der Waals surface area contributed by atoms with Gasteiger partial charge in [-0.3, -0.25) is 9.80 Å². The predicted molar refractivity (Wildman–Crippen MR) is 88.2 cm³/mol. The van der Waals surface area contributed by atoms with E-state index in [1.807, 2.05) is 0 Å². The standard InChI is InChI=1S/C19H24N2/c1-15-14-20(2)18(16-10-6-4-7-11-16)19(21(15)3)17-12-8-5-9-13-17/h4-13,15,18-19H,14H2,1-3H3. The Kier molecular flexibility index (Phi) is 4.09. The Morgan fingerprint density at radius 1 is 0.762 bits per heavy atom. The largest absolute Gasteiger partial charge is 0.296 e. The normalized spacial score (nSPS) is 27.7. The molecule has 0 aromatic heterocycles. The van der Waals surface area contributed by atoms with Gasteiger partial charge in [-0.2, -0.15) is 0 Å². The summed E-state index contributed by atoms with van der Waals surface area (Å²) in [5.74, 6) is 0. The van der Waals surface area contributed by atoms with Crippen LogP contribution >= 0.6 is 0 Å². The maximum Gasteiger partial charge on any atom is 0.0545 e. The number of piperazine rings is 1. The predicted octanol–water partition coefficient (Wildman–Crippen LogP) is 3.73. The average Bonchev–Trinajstić information content (AvgIpc) is 2.52. The number of benzene rings is 2. The van der Waals surface area contributed by atoms with Crippen molar-refractivity contribution in [1.29, 1.82) is 0 Å². The second-order valence-electron chi connectivity index (χ2n) is 6.17. The molecule has 2 aromatic rings. The van der Waals surface area contributed by atoms with E-state index in [4.69, 9.17) is 0 Å². The van der Waals surface area contributed by atoms with Crippen molar-refractivity contribution in [2.45, 2.75) is 25.0 Å². The Balaban J connectivity index is 2.05. The van der Waals surface area contributed by atoms with Crippen molar-refractivity contribution in [2.24, 2.45) is 0 Å². The first-order valence-electron chi connectivity index (χ1n) is 7.70. The first kappa shape index (κ1) is 14.3. The van der Waals surface area contributed by atoms with Crippen molar-refractivity contribution in [3.05, 3.63) is 71.8 Å². The van der Waals surface area contributed by atoms with Crippen molar-refractivity contribution in [2.75, 3.05) is 20.6 Å². The molecule has 2 heteroatoms. The molecule has 0 amide bonds. The fraction of sp³-hybridized carbons (Fsp3) is 0.368. The van der Waals surface area contributed by atoms with Gasteiger partial charge in [-0.1, -0.05) is 60.7 Å². The fourth-order valence-electron chi connectivity index (χ4n) is 3.55. The summed E-state index contributed by atoms with van der Waals surface area (Å²) in [5, 5.41) is 0. The third-order valence-corrected chi connectivity index (χ3v) is 4.74. The molecule has 1 heterocycles. The number of hydrogen-bond acceptors (Lipinski definition) is 2. The van der Waals surface area contributed by atoms with Gasteiger partial charge in [0.15, 0.2) is 0 Å². The van der Waals surface area contributed by atoms with Crippen LogP contribution in [0.1, 0.15) is 30.1 Å². The lowest BCUT2D eigenvalue weighted by Crippen LogP contribution is -2.52. The summed E-state index contributed by atoms with van der Waals surface area (Å²) in [6.45, 7) is 3.41. The maximum atomic E-state index is 2.52. The molecule has 3 unspecified atom stereocenters. The third kappa shape index (κ3) is 2.74. The molecule has 0 spiro atoms. The van der Waals surface area contributed by atoms with E-state index in [2.05, 4.69) is 91.5 Å². The summed E-state index contributed by atoms with van der Waals surface area (Å²) in [4.78, 5) is 5.02. The molecule has 2 aromatic carbocycles. The highest BCUT2D eigenvalue weighted by molar-refractivity contribution is 5.29. The van der Waals surface area contributed by atoms with Crippen molar-refractivity contribution < 1.29 is 0 Å². The highest BCUT2D eigenvalue weighted by Crippen LogP contribution is 2.41. The molecule has 1 aliphatic heterocycles. The Labute approximate surface area is 128 Å². The number of nitrogens with zero attached hydrogens (tertiary/aromatic N) is 2. The molecule has 0 aliphatic carbocycles. The molecule has 3 rings (SSSR count). The van der Waals surface area contributed by atoms with Gasteiger partial charge in [0.25, 0.3) is 0 Å². The first-order valence-corrected chi connectivity index (χ1v) is 7.70. The Morgan fingerprint density at radius 3 is 1.76 bits per heavy atom. The highest BCUT2D eigenvalue weighted by Gasteiger charge is 2.38.